The van der Waals surface area contributed by atoms with Crippen molar-refractivity contribution in [3.05, 3.63) is 29.3 Å². The molecular weight excluding hydrogens is 378 g/mol. The molecule has 0 aliphatic carbocycles. The highest BCUT2D eigenvalue weighted by Crippen LogP contribution is 2.32. The van der Waals surface area contributed by atoms with Crippen LogP contribution >= 0.6 is 0 Å². The normalized spacial score (nSPS) is 15.6. The van der Waals surface area contributed by atoms with Crippen LogP contribution in [0.4, 0.5) is 10.5 Å². The number of para-hydroxylation sites is 1. The minimum atomic E-state index is -0.248. The maximum absolute atomic E-state index is 12.9. The predicted molar refractivity (Wildman–Crippen MR) is 122 cm³/mol. The van der Waals surface area contributed by atoms with Crippen LogP contribution in [-0.2, 0) is 9.53 Å². The van der Waals surface area contributed by atoms with E-state index in [4.69, 9.17) is 4.74 Å². The number of benzene rings is 1. The molecule has 0 radical (unpaired) electrons. The fraction of sp³-hybridized carbons (Fsp3) is 0.667. The fourth-order valence-corrected chi connectivity index (χ4v) is 3.72. The molecule has 1 saturated heterocycles. The maximum Gasteiger partial charge on any atom is 0.409 e. The van der Waals surface area contributed by atoms with Gasteiger partial charge in [-0.1, -0.05) is 59.7 Å². The fourth-order valence-electron chi connectivity index (χ4n) is 3.72. The Kier molecular flexibility index (Phi) is 9.15. The van der Waals surface area contributed by atoms with Crippen molar-refractivity contribution in [2.75, 3.05) is 44.6 Å². The summed E-state index contributed by atoms with van der Waals surface area (Å²) in [6.07, 6.45) is 0.589. The van der Waals surface area contributed by atoms with Gasteiger partial charge in [0, 0.05) is 31.9 Å². The number of nitrogens with zero attached hydrogens (tertiary/aromatic N) is 2. The largest absolute Gasteiger partial charge is 0.449 e. The molecule has 1 heterocycles. The predicted octanol–water partition coefficient (Wildman–Crippen LogP) is 4.67. The van der Waals surface area contributed by atoms with Gasteiger partial charge in [0.15, 0.2) is 0 Å². The Hall–Kier alpha value is -2.08. The molecule has 0 atom stereocenters. The highest BCUT2D eigenvalue weighted by atomic mass is 16.6. The van der Waals surface area contributed by atoms with Crippen LogP contribution in [0.5, 0.6) is 0 Å². The molecule has 6 heteroatoms. The van der Waals surface area contributed by atoms with Gasteiger partial charge in [-0.05, 0) is 35.3 Å². The lowest BCUT2D eigenvalue weighted by atomic mass is 9.92. The molecule has 1 aromatic carbocycles. The monoisotopic (exact) mass is 417 g/mol. The first kappa shape index (κ1) is 24.2. The molecule has 0 spiro atoms. The van der Waals surface area contributed by atoms with Gasteiger partial charge in [-0.2, -0.15) is 0 Å². The molecule has 1 fully saturated rings. The summed E-state index contributed by atoms with van der Waals surface area (Å²) in [5.74, 6) is 0.997. The molecule has 2 amide bonds. The number of hydrogen-bond donors (Lipinski definition) is 1. The van der Waals surface area contributed by atoms with E-state index in [0.717, 1.165) is 18.7 Å². The van der Waals surface area contributed by atoms with E-state index in [-0.39, 0.29) is 12.0 Å². The van der Waals surface area contributed by atoms with Crippen LogP contribution in [0.2, 0.25) is 0 Å². The SMILES string of the molecule is CC(C)COC(=O)N1CCCN(CC(=O)Nc2c(C(C)C)cccc2C(C)C)CC1. The second kappa shape index (κ2) is 11.3. The molecule has 1 aromatic rings. The van der Waals surface area contributed by atoms with Crippen molar-refractivity contribution in [1.82, 2.24) is 9.80 Å². The molecule has 2 rings (SSSR count). The summed E-state index contributed by atoms with van der Waals surface area (Å²) in [5.41, 5.74) is 3.30. The number of rotatable bonds is 7. The second-order valence-corrected chi connectivity index (χ2v) is 9.26. The van der Waals surface area contributed by atoms with Gasteiger partial charge in [0.1, 0.15) is 0 Å². The zero-order valence-electron chi connectivity index (χ0n) is 19.5. The Bertz CT molecular complexity index is 689. The van der Waals surface area contributed by atoms with Crippen LogP contribution in [0.25, 0.3) is 0 Å². The van der Waals surface area contributed by atoms with Crippen LogP contribution in [0, 0.1) is 5.92 Å². The van der Waals surface area contributed by atoms with Crippen LogP contribution in [-0.4, -0.2) is 61.1 Å². The summed E-state index contributed by atoms with van der Waals surface area (Å²) in [6, 6.07) is 6.26. The van der Waals surface area contributed by atoms with Crippen molar-refractivity contribution < 1.29 is 14.3 Å². The zero-order valence-corrected chi connectivity index (χ0v) is 19.5. The molecule has 1 aliphatic rings. The van der Waals surface area contributed by atoms with Gasteiger partial charge in [-0.25, -0.2) is 4.79 Å². The van der Waals surface area contributed by atoms with Gasteiger partial charge >= 0.3 is 6.09 Å². The zero-order chi connectivity index (χ0) is 22.3. The van der Waals surface area contributed by atoms with E-state index in [0.29, 0.717) is 50.5 Å². The third-order valence-corrected chi connectivity index (χ3v) is 5.39. The molecule has 0 bridgehead atoms. The number of nitrogens with one attached hydrogen (secondary N) is 1. The number of hydrogen-bond acceptors (Lipinski definition) is 4. The molecule has 1 N–H and O–H groups in total. The van der Waals surface area contributed by atoms with Gasteiger partial charge in [0.2, 0.25) is 5.91 Å². The number of carbonyl (C=O) groups excluding carboxylic acids is 2. The summed E-state index contributed by atoms with van der Waals surface area (Å²) in [5, 5.41) is 3.19. The van der Waals surface area contributed by atoms with Crippen molar-refractivity contribution >= 4 is 17.7 Å². The Morgan fingerprint density at radius 1 is 0.967 bits per heavy atom. The number of anilines is 1. The summed E-state index contributed by atoms with van der Waals surface area (Å²) >= 11 is 0. The minimum absolute atomic E-state index is 0.000773. The molecular formula is C24H39N3O3. The molecule has 6 nitrogen and oxygen atoms in total. The Morgan fingerprint density at radius 3 is 2.17 bits per heavy atom. The van der Waals surface area contributed by atoms with Crippen molar-refractivity contribution in [3.8, 4) is 0 Å². The minimum Gasteiger partial charge on any atom is -0.449 e. The van der Waals surface area contributed by atoms with Crippen LogP contribution in [0.3, 0.4) is 0 Å². The average Bonchev–Trinajstić information content (AvgIpc) is 2.91. The van der Waals surface area contributed by atoms with Crippen LogP contribution < -0.4 is 5.32 Å². The average molecular weight is 418 g/mol. The highest BCUT2D eigenvalue weighted by Gasteiger charge is 2.22. The molecule has 0 unspecified atom stereocenters. The van der Waals surface area contributed by atoms with Gasteiger partial charge < -0.3 is 15.0 Å². The van der Waals surface area contributed by atoms with Gasteiger partial charge in [-0.15, -0.1) is 0 Å². The lowest BCUT2D eigenvalue weighted by Crippen LogP contribution is -2.38. The standard InChI is InChI=1S/C24H39N3O3/c1-17(2)16-30-24(29)27-12-8-11-26(13-14-27)15-22(28)25-23-20(18(3)4)9-7-10-21(23)19(5)6/h7,9-10,17-19H,8,11-16H2,1-6H3,(H,25,28). The first-order valence-corrected chi connectivity index (χ1v) is 11.3. The van der Waals surface area contributed by atoms with E-state index in [1.165, 1.54) is 11.1 Å². The van der Waals surface area contributed by atoms with E-state index in [9.17, 15) is 9.59 Å². The van der Waals surface area contributed by atoms with E-state index in [1.54, 1.807) is 4.90 Å². The number of amides is 2. The van der Waals surface area contributed by atoms with Crippen molar-refractivity contribution in [2.45, 2.75) is 59.8 Å². The lowest BCUT2D eigenvalue weighted by Gasteiger charge is -2.23. The molecule has 1 aliphatic heterocycles. The van der Waals surface area contributed by atoms with Gasteiger partial charge in [0.05, 0.1) is 13.2 Å². The third-order valence-electron chi connectivity index (χ3n) is 5.39. The van der Waals surface area contributed by atoms with Crippen LogP contribution in [0.1, 0.15) is 70.9 Å². The summed E-state index contributed by atoms with van der Waals surface area (Å²) < 4.78 is 5.35. The quantitative estimate of drug-likeness (QED) is 0.700. The van der Waals surface area contributed by atoms with E-state index >= 15 is 0 Å². The summed E-state index contributed by atoms with van der Waals surface area (Å²) in [4.78, 5) is 29.0. The number of carbonyl (C=O) groups is 2. The topological polar surface area (TPSA) is 61.9 Å². The third kappa shape index (κ3) is 7.01. The Balaban J connectivity index is 1.97. The summed E-state index contributed by atoms with van der Waals surface area (Å²) in [6.45, 7) is 16.1. The molecule has 0 saturated carbocycles. The van der Waals surface area contributed by atoms with Crippen molar-refractivity contribution in [1.29, 1.82) is 0 Å². The number of ether oxygens (including phenoxy) is 1. The maximum atomic E-state index is 12.9. The van der Waals surface area contributed by atoms with E-state index in [1.807, 2.05) is 13.8 Å². The highest BCUT2D eigenvalue weighted by molar-refractivity contribution is 5.94. The van der Waals surface area contributed by atoms with E-state index in [2.05, 4.69) is 56.1 Å². The van der Waals surface area contributed by atoms with Crippen LogP contribution in [0.15, 0.2) is 18.2 Å². The van der Waals surface area contributed by atoms with Crippen molar-refractivity contribution in [3.63, 3.8) is 0 Å². The first-order valence-electron chi connectivity index (χ1n) is 11.3. The lowest BCUT2D eigenvalue weighted by molar-refractivity contribution is -0.117. The van der Waals surface area contributed by atoms with Gasteiger partial charge in [-0.3, -0.25) is 9.69 Å². The Morgan fingerprint density at radius 2 is 1.60 bits per heavy atom. The molecule has 30 heavy (non-hydrogen) atoms. The van der Waals surface area contributed by atoms with Crippen molar-refractivity contribution in [2.24, 2.45) is 5.92 Å². The summed E-state index contributed by atoms with van der Waals surface area (Å²) in [7, 11) is 0. The molecule has 168 valence electrons. The van der Waals surface area contributed by atoms with E-state index < -0.39 is 0 Å². The van der Waals surface area contributed by atoms with Gasteiger partial charge in [0.25, 0.3) is 0 Å². The smallest absolute Gasteiger partial charge is 0.409 e. The first-order chi connectivity index (χ1) is 14.2. The second-order valence-electron chi connectivity index (χ2n) is 9.26. The Labute approximate surface area is 182 Å². The molecule has 0 aromatic heterocycles.